The molecular weight excluding hydrogens is 2520 g/mol. The first-order valence-corrected chi connectivity index (χ1v) is 46.9. The minimum atomic E-state index is -1.08. The molecule has 0 fully saturated rings. The number of nitrogens with one attached hydrogen (secondary N) is 4. The minimum Gasteiger partial charge on any atom is -0.807 e. The number of allylic oxidation sites excluding steroid dienone is 5. The predicted molar refractivity (Wildman–Crippen MR) is 557 cm³/mol. The molecule has 0 aliphatic carbocycles. The summed E-state index contributed by atoms with van der Waals surface area (Å²) >= 11 is 0. The summed E-state index contributed by atoms with van der Waals surface area (Å²) in [5.74, 6) is -3.80. The first-order valence-electron chi connectivity index (χ1n) is 46.9. The van der Waals surface area contributed by atoms with E-state index in [1.165, 1.54) is 23.4 Å². The van der Waals surface area contributed by atoms with Crippen molar-refractivity contribution >= 4 is 45.6 Å². The van der Waals surface area contributed by atoms with Crippen molar-refractivity contribution in [1.82, 2.24) is 39.9 Å². The predicted octanol–water partition coefficient (Wildman–Crippen LogP) is 29.5. The fraction of sp³-hybridized carbons (Fsp3) is 0.350. The van der Waals surface area contributed by atoms with Crippen LogP contribution < -0.4 is 21.3 Å². The van der Waals surface area contributed by atoms with E-state index in [0.717, 1.165) is 111 Å². The third-order valence-electron chi connectivity index (χ3n) is 24.6. The van der Waals surface area contributed by atoms with Gasteiger partial charge < -0.3 is 67.8 Å². The first-order chi connectivity index (χ1) is 65.3. The zero-order chi connectivity index (χ0) is 102. The van der Waals surface area contributed by atoms with E-state index in [-0.39, 0.29) is 152 Å². The van der Waals surface area contributed by atoms with Gasteiger partial charge in [-0.25, -0.2) is 8.78 Å². The summed E-state index contributed by atoms with van der Waals surface area (Å²) in [4.78, 5) is 34.9. The number of hydrogen-bond donors (Lipinski definition) is 4. The Morgan fingerprint density at radius 1 is 0.413 bits per heavy atom. The van der Waals surface area contributed by atoms with Gasteiger partial charge in [0.05, 0.1) is 11.6 Å². The Labute approximate surface area is 902 Å². The molecule has 5 aromatic carbocycles. The van der Waals surface area contributed by atoms with Gasteiger partial charge in [-0.05, 0) is 124 Å². The Morgan fingerprint density at radius 3 is 1.45 bits per heavy atom. The Balaban J connectivity index is 0.000000333. The Kier molecular flexibility index (Phi) is 46.7. The third-order valence-corrected chi connectivity index (χ3v) is 24.6. The molecule has 7 aromatic heterocycles. The molecule has 12 aromatic rings. The van der Waals surface area contributed by atoms with Crippen LogP contribution in [0.2, 0.25) is 0 Å². The molecule has 0 aliphatic heterocycles. The van der Waals surface area contributed by atoms with Crippen molar-refractivity contribution in [2.24, 2.45) is 28.1 Å². The van der Waals surface area contributed by atoms with Crippen molar-refractivity contribution in [3.63, 3.8) is 0 Å². The smallest absolute Gasteiger partial charge is 0.128 e. The number of anilines is 4. The van der Waals surface area contributed by atoms with Crippen molar-refractivity contribution < 1.29 is 111 Å². The minimum absolute atomic E-state index is 0. The zero-order valence-corrected chi connectivity index (χ0v) is 95.0. The van der Waals surface area contributed by atoms with E-state index in [9.17, 15) is 48.0 Å². The van der Waals surface area contributed by atoms with E-state index in [1.807, 2.05) is 153 Å². The Hall–Kier alpha value is -10.7. The van der Waals surface area contributed by atoms with Crippen LogP contribution in [0.1, 0.15) is 255 Å². The molecule has 0 aliphatic rings. The maximum atomic E-state index is 14.4. The van der Waals surface area contributed by atoms with Crippen LogP contribution in [0.3, 0.4) is 0 Å². The Morgan fingerprint density at radius 2 is 0.916 bits per heavy atom. The number of aromatic nitrogens is 8. The molecule has 16 nitrogen and oxygen atoms in total. The summed E-state index contributed by atoms with van der Waals surface area (Å²) < 4.78 is 82.0. The summed E-state index contributed by atoms with van der Waals surface area (Å²) in [6, 6.07) is 71.6. The molecule has 7 heterocycles. The van der Waals surface area contributed by atoms with Crippen LogP contribution in [0.25, 0.3) is 66.7 Å². The molecule has 0 bridgehead atoms. The quantitative estimate of drug-likeness (QED) is 0.0130. The van der Waals surface area contributed by atoms with Gasteiger partial charge in [0, 0.05) is 158 Å². The second-order valence-corrected chi connectivity index (χ2v) is 40.9. The standard InChI is InChI=1S/C32H40N5.C31H36N3.C28H28F2N3.C26H24F4N5.4Pt/c1-22(31(5,6)7)25-16-15-23(20-35-25)29-26(19-30(2,3)4)36-21-28(37-29)32(8,9)27(33)17-18-34-24-13-11-10-12-14-24;1-7-22(3)24-12-9-14-26(20-24)28-16-11-17-30(34-28)31(5,6)29(32)18-19-33-27-15-10-13-25(21-27)23(4)8-2;1-18(2)19(3)25(32-21-10-7-6-8-11-21)17-26(31)28(4,5)27-13-9-12-24(33-27)22-15-14-20(29)16-23(22)30;1-25(2,3)14-15-12-18(16-6-8-21(27)34-23(16)29)33-20(13-15)26(4,5)19(31)10-11-32-17-7-9-22(28)35-24(17)30;;;;/h10-13,16-18,20-22,34H,19H2,1-9H3;9-13,16-23,33H,7-8H2,1-6H3;6-10,12-14,16-19,32H,1-5H3;8-13,32H,14H2,1-5H3;;;;/q4*-3;;;;/b18-17-;;25-17-;;;;;. The summed E-state index contributed by atoms with van der Waals surface area (Å²) in [6.45, 7) is 51.7. The van der Waals surface area contributed by atoms with Gasteiger partial charge in [-0.3, -0.25) is 32.5 Å². The van der Waals surface area contributed by atoms with E-state index in [4.69, 9.17) is 19.9 Å². The van der Waals surface area contributed by atoms with Crippen molar-refractivity contribution in [1.29, 1.82) is 0 Å². The normalized spacial score (nSPS) is 12.8. The monoisotopic (exact) mass is 2650 g/mol. The molecule has 770 valence electrons. The molecular formula is C117H128F6N16Pt4-12. The van der Waals surface area contributed by atoms with E-state index in [0.29, 0.717) is 52.9 Å². The average Bonchev–Trinajstić information content (AvgIpc) is 0.780. The summed E-state index contributed by atoms with van der Waals surface area (Å²) in [5, 5.41) is 56.2. The fourth-order valence-electron chi connectivity index (χ4n) is 14.1. The molecule has 0 spiro atoms. The molecule has 0 radical (unpaired) electrons. The van der Waals surface area contributed by atoms with Crippen LogP contribution >= 0.6 is 0 Å². The summed E-state index contributed by atoms with van der Waals surface area (Å²) in [7, 11) is 0. The van der Waals surface area contributed by atoms with E-state index in [2.05, 4.69) is 211 Å². The first kappa shape index (κ1) is 123. The number of pyridine rings is 6. The van der Waals surface area contributed by atoms with E-state index < -0.39 is 57.1 Å². The molecule has 4 N–H and O–H groups in total. The fourth-order valence-corrected chi connectivity index (χ4v) is 14.1. The molecule has 0 amide bonds. The third kappa shape index (κ3) is 35.3. The van der Waals surface area contributed by atoms with Crippen LogP contribution in [0, 0.1) is 112 Å². The van der Waals surface area contributed by atoms with Crippen molar-refractivity contribution in [2.45, 2.75) is 238 Å². The number of hydrogen-bond acceptors (Lipinski definition) is 12. The number of nitrogens with zero attached hydrogens (tertiary/aromatic N) is 12. The maximum Gasteiger partial charge on any atom is 0.128 e. The van der Waals surface area contributed by atoms with E-state index >= 15 is 0 Å². The summed E-state index contributed by atoms with van der Waals surface area (Å²) in [6.07, 6.45) is 18.3. The van der Waals surface area contributed by atoms with Gasteiger partial charge in [-0.2, -0.15) is 101 Å². The maximum absolute atomic E-state index is 14.4. The number of rotatable bonds is 33. The van der Waals surface area contributed by atoms with E-state index in [1.54, 1.807) is 81.0 Å². The molecule has 4 atom stereocenters. The summed E-state index contributed by atoms with van der Waals surface area (Å²) in [5.41, 5.74) is 11.9. The Bertz CT molecular complexity index is 6360. The molecule has 26 heteroatoms. The van der Waals surface area contributed by atoms with Crippen LogP contribution in [0.4, 0.5) is 49.1 Å². The molecule has 12 rings (SSSR count). The molecule has 0 saturated carbocycles. The number of benzene rings is 5. The topological polar surface area (TPSA) is 240 Å². The van der Waals surface area contributed by atoms with Gasteiger partial charge in [-0.15, -0.1) is 95.6 Å². The number of halogens is 6. The van der Waals surface area contributed by atoms with Crippen LogP contribution in [0.15, 0.2) is 225 Å². The second-order valence-electron chi connectivity index (χ2n) is 40.9. The average molecular weight is 2650 g/mol. The molecule has 0 saturated heterocycles. The molecule has 143 heavy (non-hydrogen) atoms. The molecule has 4 unspecified atom stereocenters. The second kappa shape index (κ2) is 54.4. The number of para-hydroxylation sites is 2. The largest absolute Gasteiger partial charge is 0.807 e. The van der Waals surface area contributed by atoms with Crippen LogP contribution in [-0.4, -0.2) is 62.7 Å². The van der Waals surface area contributed by atoms with Gasteiger partial charge in [0.15, 0.2) is 0 Å². The SMILES string of the molecule is CC(C)(C)Cc1cc(-c2[c-]cc(F)nc2F)nc(C(C)(C)C(=[N-])C=CNc2[c-]cc(F)nc2F)c1.CC(C)C(C)/C(=C/C(=[N-])C(C)(C)c1cccc(-c2[c-]cc(F)cc2F)n1)Nc1[c-]cccc1.CC(c1c[c-]c(-c2nc(C(C)(C)C(=[N-])/C=C\Nc3[c-]cccc3)cnc2CC(C)(C)C)cn1)C(C)(C)C.CCC(C)c1cc[c-]c(NC=CC(=[N-])C(C)(C)c2cccc(-c3[c-]ccc(C(C)CC)c3)n2)c1.[Pt].[Pt].[Pt].[Pt]. The van der Waals surface area contributed by atoms with Gasteiger partial charge in [0.1, 0.15) is 17.8 Å². The van der Waals surface area contributed by atoms with Gasteiger partial charge >= 0.3 is 0 Å². The van der Waals surface area contributed by atoms with Crippen LogP contribution in [-0.2, 0) is 119 Å². The van der Waals surface area contributed by atoms with Crippen LogP contribution in [0.5, 0.6) is 0 Å². The van der Waals surface area contributed by atoms with Gasteiger partial charge in [0.2, 0.25) is 0 Å². The van der Waals surface area contributed by atoms with Crippen molar-refractivity contribution in [3.05, 3.63) is 381 Å². The zero-order valence-electron chi connectivity index (χ0n) is 85.9. The van der Waals surface area contributed by atoms with Crippen molar-refractivity contribution in [2.75, 3.05) is 21.3 Å². The van der Waals surface area contributed by atoms with Gasteiger partial charge in [0.25, 0.3) is 0 Å². The van der Waals surface area contributed by atoms with Gasteiger partial charge in [-0.1, -0.05) is 293 Å². The van der Waals surface area contributed by atoms with Crippen molar-refractivity contribution in [3.8, 4) is 45.0 Å².